The molecule has 0 amide bonds. The van der Waals surface area contributed by atoms with Crippen LogP contribution in [0.4, 0.5) is 0 Å². The quantitative estimate of drug-likeness (QED) is 0.675. The second kappa shape index (κ2) is 6.61. The van der Waals surface area contributed by atoms with Crippen molar-refractivity contribution in [3.05, 3.63) is 29.8 Å². The summed E-state index contributed by atoms with van der Waals surface area (Å²) in [6, 6.07) is 5.62. The van der Waals surface area contributed by atoms with E-state index in [1.54, 1.807) is 0 Å². The Bertz CT molecular complexity index is 797. The van der Waals surface area contributed by atoms with E-state index in [2.05, 4.69) is 4.72 Å². The van der Waals surface area contributed by atoms with Crippen molar-refractivity contribution in [2.75, 3.05) is 17.9 Å². The first-order chi connectivity index (χ1) is 9.39. The van der Waals surface area contributed by atoms with Gasteiger partial charge in [-0.3, -0.25) is 0 Å². The first-order valence-electron chi connectivity index (χ1n) is 5.58. The summed E-state index contributed by atoms with van der Waals surface area (Å²) in [5, 5.41) is -0.969. The standard InChI is InChI=1S/C10H14ClNO6S3/c1-19(13,14)8-20(15,16)12-7-6-9-2-4-10(5-3-9)21(11,17)18/h2-5,12H,6-8H2,1H3. The normalized spacial score (nSPS) is 13.2. The third-order valence-electron chi connectivity index (χ3n) is 2.31. The van der Waals surface area contributed by atoms with E-state index >= 15 is 0 Å². The number of benzene rings is 1. The molecule has 0 fully saturated rings. The predicted molar refractivity (Wildman–Crippen MR) is 79.8 cm³/mol. The molecule has 0 aliphatic heterocycles. The molecule has 1 N–H and O–H groups in total. The van der Waals surface area contributed by atoms with Crippen LogP contribution in [0.2, 0.25) is 0 Å². The molecule has 7 nitrogen and oxygen atoms in total. The van der Waals surface area contributed by atoms with Crippen LogP contribution >= 0.6 is 10.7 Å². The molecule has 0 saturated heterocycles. The Morgan fingerprint density at radius 1 is 1.00 bits per heavy atom. The average Bonchev–Trinajstić information content (AvgIpc) is 2.24. The minimum Gasteiger partial charge on any atom is -0.228 e. The van der Waals surface area contributed by atoms with Crippen molar-refractivity contribution < 1.29 is 25.3 Å². The summed E-state index contributed by atoms with van der Waals surface area (Å²) in [6.07, 6.45) is 1.11. The van der Waals surface area contributed by atoms with E-state index in [0.29, 0.717) is 5.56 Å². The van der Waals surface area contributed by atoms with Crippen LogP contribution in [0.25, 0.3) is 0 Å². The van der Waals surface area contributed by atoms with Gasteiger partial charge in [0, 0.05) is 23.5 Å². The second-order valence-corrected chi connectivity index (χ2v) is 11.3. The highest BCUT2D eigenvalue weighted by Gasteiger charge is 2.17. The first kappa shape index (κ1) is 18.4. The van der Waals surface area contributed by atoms with Gasteiger partial charge in [-0.1, -0.05) is 12.1 Å². The fraction of sp³-hybridized carbons (Fsp3) is 0.400. The number of nitrogens with one attached hydrogen (secondary N) is 1. The zero-order valence-corrected chi connectivity index (χ0v) is 14.2. The Balaban J connectivity index is 2.61. The molecular formula is C10H14ClNO6S3. The zero-order chi connectivity index (χ0) is 16.3. The van der Waals surface area contributed by atoms with Crippen LogP contribution in [0, 0.1) is 0 Å². The molecule has 120 valence electrons. The van der Waals surface area contributed by atoms with Crippen LogP contribution in [0.1, 0.15) is 5.56 Å². The van der Waals surface area contributed by atoms with Crippen LogP contribution in [0.15, 0.2) is 29.2 Å². The number of hydrogen-bond donors (Lipinski definition) is 1. The van der Waals surface area contributed by atoms with E-state index in [1.807, 2.05) is 0 Å². The van der Waals surface area contributed by atoms with E-state index in [1.165, 1.54) is 24.3 Å². The topological polar surface area (TPSA) is 114 Å². The molecule has 0 aromatic heterocycles. The molecule has 0 heterocycles. The molecule has 1 rings (SSSR count). The summed E-state index contributed by atoms with van der Waals surface area (Å²) < 4.78 is 69.0. The third kappa shape index (κ3) is 7.23. The summed E-state index contributed by atoms with van der Waals surface area (Å²) in [5.41, 5.74) is 0.682. The lowest BCUT2D eigenvalue weighted by atomic mass is 10.2. The molecule has 21 heavy (non-hydrogen) atoms. The predicted octanol–water partition coefficient (Wildman–Crippen LogP) is 0.0781. The monoisotopic (exact) mass is 375 g/mol. The van der Waals surface area contributed by atoms with Crippen LogP contribution in [0.3, 0.4) is 0 Å². The molecule has 0 unspecified atom stereocenters. The van der Waals surface area contributed by atoms with Gasteiger partial charge in [0.2, 0.25) is 10.0 Å². The van der Waals surface area contributed by atoms with Crippen LogP contribution in [0.5, 0.6) is 0 Å². The summed E-state index contributed by atoms with van der Waals surface area (Å²) in [4.78, 5) is -0.0504. The smallest absolute Gasteiger partial charge is 0.228 e. The maximum Gasteiger partial charge on any atom is 0.261 e. The van der Waals surface area contributed by atoms with Gasteiger partial charge >= 0.3 is 0 Å². The van der Waals surface area contributed by atoms with Crippen LogP contribution in [-0.2, 0) is 35.3 Å². The zero-order valence-electron chi connectivity index (χ0n) is 11.0. The van der Waals surface area contributed by atoms with Gasteiger partial charge < -0.3 is 0 Å². The molecule has 0 spiro atoms. The second-order valence-electron chi connectivity index (χ2n) is 4.38. The summed E-state index contributed by atoms with van der Waals surface area (Å²) in [7, 11) is -6.16. The van der Waals surface area contributed by atoms with Gasteiger partial charge in [-0.05, 0) is 24.1 Å². The molecule has 0 aliphatic carbocycles. The molecule has 1 aromatic carbocycles. The van der Waals surface area contributed by atoms with Crippen LogP contribution in [-0.4, -0.2) is 43.1 Å². The molecule has 0 aliphatic rings. The van der Waals surface area contributed by atoms with E-state index < -0.39 is 34.0 Å². The van der Waals surface area contributed by atoms with E-state index in [-0.39, 0.29) is 17.9 Å². The van der Waals surface area contributed by atoms with Crippen molar-refractivity contribution in [3.63, 3.8) is 0 Å². The van der Waals surface area contributed by atoms with Crippen molar-refractivity contribution in [2.45, 2.75) is 11.3 Å². The Morgan fingerprint density at radius 3 is 1.95 bits per heavy atom. The Kier molecular flexibility index (Phi) is 5.78. The van der Waals surface area contributed by atoms with E-state index in [9.17, 15) is 25.3 Å². The summed E-state index contributed by atoms with van der Waals surface area (Å²) in [5.74, 6) is 0. The molecule has 0 bridgehead atoms. The highest BCUT2D eigenvalue weighted by Crippen LogP contribution is 2.15. The lowest BCUT2D eigenvalue weighted by Crippen LogP contribution is -2.31. The van der Waals surface area contributed by atoms with Gasteiger partial charge in [0.15, 0.2) is 14.9 Å². The van der Waals surface area contributed by atoms with Crippen molar-refractivity contribution in [1.82, 2.24) is 4.72 Å². The van der Waals surface area contributed by atoms with Crippen molar-refractivity contribution >= 4 is 39.6 Å². The number of sulfone groups is 1. The molecule has 1 aromatic rings. The number of hydrogen-bond acceptors (Lipinski definition) is 6. The third-order valence-corrected chi connectivity index (χ3v) is 7.28. The maximum atomic E-state index is 11.4. The number of sulfonamides is 1. The van der Waals surface area contributed by atoms with Gasteiger partial charge in [0.1, 0.15) is 0 Å². The lowest BCUT2D eigenvalue weighted by Gasteiger charge is -2.06. The van der Waals surface area contributed by atoms with Crippen LogP contribution < -0.4 is 4.72 Å². The van der Waals surface area contributed by atoms with Gasteiger partial charge in [0.05, 0.1) is 4.90 Å². The Hall–Kier alpha value is -0.680. The highest BCUT2D eigenvalue weighted by atomic mass is 35.7. The Morgan fingerprint density at radius 2 is 1.52 bits per heavy atom. The first-order valence-corrected chi connectivity index (χ1v) is 11.6. The SMILES string of the molecule is CS(=O)(=O)CS(=O)(=O)NCCc1ccc(S(=O)(=O)Cl)cc1. The molecule has 0 radical (unpaired) electrons. The van der Waals surface area contributed by atoms with Gasteiger partial charge in [-0.15, -0.1) is 0 Å². The molecule has 0 atom stereocenters. The van der Waals surface area contributed by atoms with Gasteiger partial charge in [-0.2, -0.15) is 0 Å². The van der Waals surface area contributed by atoms with E-state index in [4.69, 9.17) is 10.7 Å². The largest absolute Gasteiger partial charge is 0.261 e. The molecule has 0 saturated carbocycles. The number of halogens is 1. The van der Waals surface area contributed by atoms with Gasteiger partial charge in [-0.25, -0.2) is 30.0 Å². The fourth-order valence-corrected chi connectivity index (χ4v) is 5.26. The average molecular weight is 376 g/mol. The minimum atomic E-state index is -3.90. The highest BCUT2D eigenvalue weighted by molar-refractivity contribution is 8.13. The molecular weight excluding hydrogens is 362 g/mol. The molecule has 11 heteroatoms. The van der Waals surface area contributed by atoms with Crippen molar-refractivity contribution in [3.8, 4) is 0 Å². The summed E-state index contributed by atoms with van der Waals surface area (Å²) in [6.45, 7) is 0.00479. The van der Waals surface area contributed by atoms with E-state index in [0.717, 1.165) is 6.26 Å². The van der Waals surface area contributed by atoms with Gasteiger partial charge in [0.25, 0.3) is 9.05 Å². The van der Waals surface area contributed by atoms with Crippen molar-refractivity contribution in [2.24, 2.45) is 0 Å². The summed E-state index contributed by atoms with van der Waals surface area (Å²) >= 11 is 0. The van der Waals surface area contributed by atoms with Crippen molar-refractivity contribution in [1.29, 1.82) is 0 Å². The Labute approximate surface area is 128 Å². The maximum absolute atomic E-state index is 11.4. The number of rotatable bonds is 7. The minimum absolute atomic E-state index is 0.00479. The lowest BCUT2D eigenvalue weighted by molar-refractivity contribution is 0.581. The fourth-order valence-electron chi connectivity index (χ4n) is 1.49.